The molecule has 0 radical (unpaired) electrons. The number of carbonyl (C=O) groups excluding carboxylic acids is 1. The Morgan fingerprint density at radius 1 is 1.19 bits per heavy atom. The first-order valence-electron chi connectivity index (χ1n) is 8.94. The average molecular weight is 380 g/mol. The van der Waals surface area contributed by atoms with Gasteiger partial charge >= 0.3 is 5.97 Å². The van der Waals surface area contributed by atoms with Gasteiger partial charge < -0.3 is 10.0 Å². The van der Waals surface area contributed by atoms with Gasteiger partial charge in [-0.1, -0.05) is 19.1 Å². The molecule has 2 aliphatic rings. The minimum absolute atomic E-state index is 0.0393. The van der Waals surface area contributed by atoms with Crippen molar-refractivity contribution in [2.24, 2.45) is 5.92 Å². The molecule has 1 aromatic carbocycles. The van der Waals surface area contributed by atoms with Gasteiger partial charge in [-0.25, -0.2) is 8.42 Å². The van der Waals surface area contributed by atoms with Crippen LogP contribution in [0.4, 0.5) is 0 Å². The van der Waals surface area contributed by atoms with Gasteiger partial charge in [0.2, 0.25) is 15.9 Å². The molecule has 2 saturated heterocycles. The summed E-state index contributed by atoms with van der Waals surface area (Å²) >= 11 is 0. The number of aryl methyl sites for hydroxylation is 1. The molecule has 0 aliphatic carbocycles. The lowest BCUT2D eigenvalue weighted by atomic mass is 10.1. The number of hydrogen-bond donors (Lipinski definition) is 1. The third-order valence-electron chi connectivity index (χ3n) is 5.34. The lowest BCUT2D eigenvalue weighted by Crippen LogP contribution is -2.47. The van der Waals surface area contributed by atoms with Crippen molar-refractivity contribution in [3.8, 4) is 0 Å². The van der Waals surface area contributed by atoms with E-state index in [2.05, 4.69) is 0 Å². The maximum absolute atomic E-state index is 12.8. The molecule has 0 aromatic heterocycles. The van der Waals surface area contributed by atoms with Crippen LogP contribution in [0, 0.1) is 5.92 Å². The van der Waals surface area contributed by atoms with Crippen molar-refractivity contribution in [1.29, 1.82) is 0 Å². The van der Waals surface area contributed by atoms with Gasteiger partial charge in [0.15, 0.2) is 0 Å². The Morgan fingerprint density at radius 2 is 1.81 bits per heavy atom. The van der Waals surface area contributed by atoms with Crippen LogP contribution in [-0.4, -0.2) is 60.3 Å². The smallest absolute Gasteiger partial charge is 0.308 e. The maximum atomic E-state index is 12.8. The first-order chi connectivity index (χ1) is 12.3. The summed E-state index contributed by atoms with van der Waals surface area (Å²) in [6, 6.07) is 6.85. The number of nitrogens with zero attached hydrogens (tertiary/aromatic N) is 2. The molecule has 1 amide bonds. The van der Waals surface area contributed by atoms with Crippen molar-refractivity contribution < 1.29 is 23.1 Å². The average Bonchev–Trinajstić information content (AvgIpc) is 3.04. The molecule has 1 atom stereocenters. The Labute approximate surface area is 153 Å². The van der Waals surface area contributed by atoms with E-state index in [-0.39, 0.29) is 29.8 Å². The minimum Gasteiger partial charge on any atom is -0.481 e. The second-order valence-electron chi connectivity index (χ2n) is 6.92. The third kappa shape index (κ3) is 3.61. The second-order valence-corrected chi connectivity index (χ2v) is 8.86. The number of sulfonamides is 1. The molecule has 2 aliphatic heterocycles. The maximum Gasteiger partial charge on any atom is 0.308 e. The zero-order valence-electron chi connectivity index (χ0n) is 14.8. The van der Waals surface area contributed by atoms with Gasteiger partial charge in [-0.3, -0.25) is 9.59 Å². The lowest BCUT2D eigenvalue weighted by molar-refractivity contribution is -0.141. The first kappa shape index (κ1) is 18.8. The molecule has 142 valence electrons. The number of benzene rings is 1. The van der Waals surface area contributed by atoms with E-state index in [0.717, 1.165) is 12.0 Å². The van der Waals surface area contributed by atoms with Crippen LogP contribution in [0.15, 0.2) is 29.2 Å². The van der Waals surface area contributed by atoms with E-state index in [9.17, 15) is 18.0 Å². The second kappa shape index (κ2) is 7.36. The van der Waals surface area contributed by atoms with Gasteiger partial charge in [-0.2, -0.15) is 4.31 Å². The number of likely N-dealkylation sites (tertiary alicyclic amines) is 1. The van der Waals surface area contributed by atoms with E-state index >= 15 is 0 Å². The largest absolute Gasteiger partial charge is 0.481 e. The molecule has 0 spiro atoms. The zero-order chi connectivity index (χ0) is 18.9. The molecule has 8 heteroatoms. The molecular formula is C18H24N2O5S. The van der Waals surface area contributed by atoms with Crippen LogP contribution in [0.5, 0.6) is 0 Å². The summed E-state index contributed by atoms with van der Waals surface area (Å²) in [4.78, 5) is 25.1. The monoisotopic (exact) mass is 380 g/mol. The number of piperidine rings is 1. The fourth-order valence-electron chi connectivity index (χ4n) is 3.69. The Morgan fingerprint density at radius 3 is 2.31 bits per heavy atom. The number of amides is 1. The molecule has 1 aromatic rings. The van der Waals surface area contributed by atoms with Crippen LogP contribution in [0.25, 0.3) is 0 Å². The molecule has 3 rings (SSSR count). The van der Waals surface area contributed by atoms with Crippen LogP contribution in [0.3, 0.4) is 0 Å². The van der Waals surface area contributed by atoms with E-state index in [1.807, 2.05) is 19.1 Å². The van der Waals surface area contributed by atoms with Gasteiger partial charge in [-0.05, 0) is 37.0 Å². The van der Waals surface area contributed by atoms with E-state index in [1.54, 1.807) is 17.0 Å². The number of aliphatic carboxylic acids is 1. The highest BCUT2D eigenvalue weighted by molar-refractivity contribution is 7.89. The van der Waals surface area contributed by atoms with Crippen molar-refractivity contribution >= 4 is 21.9 Å². The Kier molecular flexibility index (Phi) is 5.34. The minimum atomic E-state index is -3.54. The zero-order valence-corrected chi connectivity index (χ0v) is 15.6. The van der Waals surface area contributed by atoms with Crippen LogP contribution in [-0.2, 0) is 26.0 Å². The molecular weight excluding hydrogens is 356 g/mol. The summed E-state index contributed by atoms with van der Waals surface area (Å²) < 4.78 is 27.0. The van der Waals surface area contributed by atoms with Gasteiger partial charge in [0.05, 0.1) is 10.8 Å². The topological polar surface area (TPSA) is 95.0 Å². The van der Waals surface area contributed by atoms with Crippen LogP contribution >= 0.6 is 0 Å². The molecule has 0 bridgehead atoms. The fraction of sp³-hybridized carbons (Fsp3) is 0.556. The molecule has 1 unspecified atom stereocenters. The Balaban J connectivity index is 1.64. The molecule has 0 saturated carbocycles. The molecule has 26 heavy (non-hydrogen) atoms. The van der Waals surface area contributed by atoms with Crippen molar-refractivity contribution in [2.75, 3.05) is 19.6 Å². The molecule has 2 fully saturated rings. The quantitative estimate of drug-likeness (QED) is 0.832. The number of carboxylic acids is 1. The summed E-state index contributed by atoms with van der Waals surface area (Å²) in [5, 5.41) is 9.09. The number of hydrogen-bond acceptors (Lipinski definition) is 4. The first-order valence-corrected chi connectivity index (χ1v) is 10.4. The predicted molar refractivity (Wildman–Crippen MR) is 95.1 cm³/mol. The highest BCUT2D eigenvalue weighted by Crippen LogP contribution is 2.28. The van der Waals surface area contributed by atoms with Crippen LogP contribution in [0.2, 0.25) is 0 Å². The molecule has 1 N–H and O–H groups in total. The Hall–Kier alpha value is -1.93. The van der Waals surface area contributed by atoms with Gasteiger partial charge in [0, 0.05) is 32.1 Å². The van der Waals surface area contributed by atoms with Gasteiger partial charge in [0.25, 0.3) is 0 Å². The SMILES string of the molecule is CCc1ccc(S(=O)(=O)N2CCC(N3CC(C(=O)O)CC3=O)CC2)cc1. The predicted octanol–water partition coefficient (Wildman–Crippen LogP) is 1.34. The standard InChI is InChI=1S/C18H24N2O5S/c1-2-13-3-5-16(6-4-13)26(24,25)19-9-7-15(8-10-19)20-12-14(18(22)23)11-17(20)21/h3-6,14-15H,2,7-12H2,1H3,(H,22,23). The number of carboxylic acid groups (broad SMARTS) is 1. The van der Waals surface area contributed by atoms with Crippen molar-refractivity contribution in [3.63, 3.8) is 0 Å². The molecule has 7 nitrogen and oxygen atoms in total. The fourth-order valence-corrected chi connectivity index (χ4v) is 5.16. The summed E-state index contributed by atoms with van der Waals surface area (Å²) in [5.41, 5.74) is 1.09. The Bertz CT molecular complexity index is 782. The van der Waals surface area contributed by atoms with Crippen molar-refractivity contribution in [3.05, 3.63) is 29.8 Å². The summed E-state index contributed by atoms with van der Waals surface area (Å²) in [7, 11) is -3.54. The normalized spacial score (nSPS) is 22.7. The van der Waals surface area contributed by atoms with Gasteiger partial charge in [-0.15, -0.1) is 0 Å². The van der Waals surface area contributed by atoms with Gasteiger partial charge in [0.1, 0.15) is 0 Å². The summed E-state index contributed by atoms with van der Waals surface area (Å²) in [5.74, 6) is -1.74. The molecule has 2 heterocycles. The van der Waals surface area contributed by atoms with Crippen LogP contribution in [0.1, 0.15) is 31.7 Å². The highest BCUT2D eigenvalue weighted by Gasteiger charge is 2.40. The van der Waals surface area contributed by atoms with Crippen molar-refractivity contribution in [1.82, 2.24) is 9.21 Å². The lowest BCUT2D eigenvalue weighted by Gasteiger charge is -2.36. The number of carbonyl (C=O) groups is 2. The highest BCUT2D eigenvalue weighted by atomic mass is 32.2. The third-order valence-corrected chi connectivity index (χ3v) is 7.25. The summed E-state index contributed by atoms with van der Waals surface area (Å²) in [6.07, 6.45) is 1.96. The van der Waals surface area contributed by atoms with E-state index in [0.29, 0.717) is 25.9 Å². The van der Waals surface area contributed by atoms with Crippen LogP contribution < -0.4 is 0 Å². The van der Waals surface area contributed by atoms with Crippen molar-refractivity contribution in [2.45, 2.75) is 43.5 Å². The van der Waals surface area contributed by atoms with E-state index in [4.69, 9.17) is 5.11 Å². The van der Waals surface area contributed by atoms with E-state index in [1.165, 1.54) is 4.31 Å². The van der Waals surface area contributed by atoms with E-state index < -0.39 is 21.9 Å². The number of rotatable bonds is 5. The summed E-state index contributed by atoms with van der Waals surface area (Å²) in [6.45, 7) is 2.92.